The number of hydrogen-bond acceptors (Lipinski definition) is 32. The summed E-state index contributed by atoms with van der Waals surface area (Å²) in [5.74, 6) is 2.85. The first-order valence-electron chi connectivity index (χ1n) is 43.6. The van der Waals surface area contributed by atoms with E-state index in [1.54, 1.807) is 165 Å². The monoisotopic (exact) mass is 1990 g/mol. The van der Waals surface area contributed by atoms with Gasteiger partial charge in [-0.05, 0) is 190 Å². The predicted molar refractivity (Wildman–Crippen MR) is 540 cm³/mol. The number of halogens is 4. The number of hydrogen-bond donors (Lipinski definition) is 0. The van der Waals surface area contributed by atoms with Crippen molar-refractivity contribution in [3.8, 4) is 46.0 Å². The van der Waals surface area contributed by atoms with Gasteiger partial charge in [-0.1, -0.05) is 72.1 Å². The Morgan fingerprint density at radius 1 is 0.317 bits per heavy atom. The third kappa shape index (κ3) is 32.7. The van der Waals surface area contributed by atoms with Crippen LogP contribution in [0.15, 0.2) is 324 Å². The molecule has 18 aromatic rings. The van der Waals surface area contributed by atoms with E-state index in [1.165, 1.54) is 104 Å². The zero-order valence-electron chi connectivity index (χ0n) is 77.4. The van der Waals surface area contributed by atoms with Gasteiger partial charge in [-0.15, -0.1) is 22.7 Å². The Bertz CT molecular complexity index is 7150. The van der Waals surface area contributed by atoms with Gasteiger partial charge >= 0.3 is 0 Å². The summed E-state index contributed by atoms with van der Waals surface area (Å²) in [4.78, 5) is 151. The number of aromatic nitrogens is 18. The molecule has 12 aromatic heterocycles. The highest BCUT2D eigenvalue weighted by atomic mass is 35.5. The summed E-state index contributed by atoms with van der Waals surface area (Å²) < 4.78 is 36.3. The molecule has 0 aliphatic carbocycles. The van der Waals surface area contributed by atoms with E-state index >= 15 is 0 Å². The Morgan fingerprint density at radius 2 is 0.690 bits per heavy atom. The van der Waals surface area contributed by atoms with Crippen molar-refractivity contribution in [2.75, 3.05) is 23.9 Å². The van der Waals surface area contributed by atoms with Crippen LogP contribution in [-0.2, 0) is 44.9 Å². The van der Waals surface area contributed by atoms with Gasteiger partial charge in [0.1, 0.15) is 76.8 Å². The second kappa shape index (κ2) is 52.2. The zero-order chi connectivity index (χ0) is 100. The molecule has 142 heavy (non-hydrogen) atoms. The van der Waals surface area contributed by atoms with Crippen LogP contribution in [-0.4, -0.2) is 139 Å². The van der Waals surface area contributed by atoms with E-state index in [2.05, 4.69) is 89.7 Å². The lowest BCUT2D eigenvalue weighted by Gasteiger charge is -2.19. The summed E-state index contributed by atoms with van der Waals surface area (Å²) in [6.07, 6.45) is 36.7. The van der Waals surface area contributed by atoms with Gasteiger partial charge in [0.25, 0.3) is 0 Å². The number of ketones is 6. The van der Waals surface area contributed by atoms with Gasteiger partial charge in [-0.3, -0.25) is 48.7 Å². The number of aryl methyl sites for hydroxylation is 5. The summed E-state index contributed by atoms with van der Waals surface area (Å²) in [5, 5.41) is 6.86. The molecule has 18 rings (SSSR count). The molecule has 36 heteroatoms. The SMILES string of the molecule is CCc1ccnc(CC(=O)c2cc(F)cc(Oc3cncnc3)c2)c1.Cc1cccc(CC(=O)c2cc(Cl)cc(Oc3cncnc3)c2)n1.Cc1ccnc(CC(=O)c2cc(Cl)cc(N(C)c3cncnc3)c2)c1.Cc1ccnc(CC(=O)c2cc(Cl)cc(N(C)c3cncnc3)c2)c1.Cc1csc(CC(=O)c2cccc(Oc3cncnc3)c2)n1.O=C(Cc1nccs1)c1cccc(Oc2cncnc2)c1. The molecule has 0 bridgehead atoms. The maximum absolute atomic E-state index is 13.9. The summed E-state index contributed by atoms with van der Waals surface area (Å²) in [5.41, 5.74) is 14.1. The molecule has 6 aromatic carbocycles. The van der Waals surface area contributed by atoms with E-state index < -0.39 is 5.82 Å². The van der Waals surface area contributed by atoms with Crippen molar-refractivity contribution in [3.63, 3.8) is 0 Å². The Labute approximate surface area is 839 Å². The van der Waals surface area contributed by atoms with Gasteiger partial charge in [0.05, 0.1) is 124 Å². The molecule has 0 N–H and O–H groups in total. The topological polar surface area (TPSA) is 378 Å². The van der Waals surface area contributed by atoms with Gasteiger partial charge in [-0.2, -0.15) is 0 Å². The molecule has 0 fully saturated rings. The molecule has 0 atom stereocenters. The molecule has 0 aliphatic heterocycles. The number of anilines is 4. The molecule has 0 spiro atoms. The van der Waals surface area contributed by atoms with Gasteiger partial charge in [0.2, 0.25) is 0 Å². The normalized spacial score (nSPS) is 10.4. The van der Waals surface area contributed by atoms with Crippen molar-refractivity contribution in [1.82, 2.24) is 89.7 Å². The molecule has 0 saturated carbocycles. The molecule has 0 radical (unpaired) electrons. The third-order valence-corrected chi connectivity index (χ3v) is 22.6. The number of ether oxygens (including phenoxy) is 4. The first kappa shape index (κ1) is 103. The zero-order valence-corrected chi connectivity index (χ0v) is 81.3. The Balaban J connectivity index is 0.000000143. The van der Waals surface area contributed by atoms with Crippen molar-refractivity contribution in [2.45, 2.75) is 79.6 Å². The van der Waals surface area contributed by atoms with Crippen molar-refractivity contribution >= 4 is 115 Å². The number of nitrogens with zero attached hydrogens (tertiary/aromatic N) is 20. The summed E-state index contributed by atoms with van der Waals surface area (Å²) in [6.45, 7) is 9.79. The molecular formula is C106H88Cl3FN20O10S2. The minimum Gasteiger partial charge on any atom is -0.454 e. The van der Waals surface area contributed by atoms with E-state index in [-0.39, 0.29) is 71.7 Å². The van der Waals surface area contributed by atoms with E-state index in [9.17, 15) is 33.2 Å². The fourth-order valence-electron chi connectivity index (χ4n) is 13.3. The van der Waals surface area contributed by atoms with Crippen molar-refractivity contribution in [1.29, 1.82) is 0 Å². The standard InChI is InChI=1S/2C19H17ClN4O.C19H16FN3O2.C18H14ClN3O2.C16H13N3O2S.C15H11N3O2S/c2*1-13-3-4-23-16(5-13)9-19(25)14-6-15(20)8-17(7-14)24(2)18-10-21-12-22-11-18;1-2-13-3-4-23-16(5-13)9-19(24)14-6-15(20)8-17(7-14)25-18-10-21-12-22-11-18;1-12-3-2-4-15(22-12)8-18(23)13-5-14(19)7-16(6-13)24-17-9-20-11-21-10-17;1-11-9-22-16(19-11)6-15(20)12-3-2-4-13(5-12)21-14-7-17-10-18-8-14;19-14(7-15-18-4-5-21-15)11-2-1-3-12(6-11)20-13-8-16-10-17-9-13/h2*3-8,10-12H,9H2,1-2H3;3-8,10-12H,2,9H2,1H3;2-7,9-11H,8H2,1H3;2-5,7-10H,6H2,1H3;1-6,8-10H,7H2. The van der Waals surface area contributed by atoms with Gasteiger partial charge in [-0.25, -0.2) is 74.2 Å². The van der Waals surface area contributed by atoms with E-state index in [0.29, 0.717) is 102 Å². The van der Waals surface area contributed by atoms with Crippen molar-refractivity contribution < 1.29 is 52.1 Å². The van der Waals surface area contributed by atoms with E-state index in [0.717, 1.165) is 84.3 Å². The number of carbonyl (C=O) groups is 6. The first-order valence-corrected chi connectivity index (χ1v) is 46.5. The number of pyridine rings is 4. The number of thiazole rings is 2. The van der Waals surface area contributed by atoms with E-state index in [1.807, 2.05) is 136 Å². The maximum atomic E-state index is 13.9. The van der Waals surface area contributed by atoms with Crippen LogP contribution in [0.4, 0.5) is 27.1 Å². The lowest BCUT2D eigenvalue weighted by atomic mass is 10.0. The molecule has 0 amide bonds. The highest BCUT2D eigenvalue weighted by Gasteiger charge is 2.21. The quantitative estimate of drug-likeness (QED) is 0.0364. The predicted octanol–water partition coefficient (Wildman–Crippen LogP) is 22.5. The maximum Gasteiger partial charge on any atom is 0.169 e. The number of rotatable bonds is 31. The second-order valence-corrected chi connectivity index (χ2v) is 34.4. The van der Waals surface area contributed by atoms with Gasteiger partial charge in [0.15, 0.2) is 57.7 Å². The molecule has 0 saturated heterocycles. The van der Waals surface area contributed by atoms with Crippen LogP contribution in [0, 0.1) is 33.5 Å². The first-order chi connectivity index (χ1) is 68.8. The Hall–Kier alpha value is -16.7. The van der Waals surface area contributed by atoms with Crippen LogP contribution >= 0.6 is 57.5 Å². The second-order valence-electron chi connectivity index (χ2n) is 31.2. The smallest absolute Gasteiger partial charge is 0.169 e. The Kier molecular flexibility index (Phi) is 37.7. The molecule has 0 aliphatic rings. The van der Waals surface area contributed by atoms with Crippen LogP contribution < -0.4 is 28.7 Å². The fraction of sp³-hybridized carbons (Fsp3) is 0.132. The van der Waals surface area contributed by atoms with Crippen LogP contribution in [0.3, 0.4) is 0 Å². The van der Waals surface area contributed by atoms with Crippen molar-refractivity contribution in [2.24, 2.45) is 0 Å². The third-order valence-electron chi connectivity index (χ3n) is 20.2. The molecule has 712 valence electrons. The van der Waals surface area contributed by atoms with Crippen LogP contribution in [0.25, 0.3) is 0 Å². The van der Waals surface area contributed by atoms with Gasteiger partial charge in [0, 0.05) is 150 Å². The lowest BCUT2D eigenvalue weighted by molar-refractivity contribution is 0.0983. The number of carbonyl (C=O) groups excluding carboxylic acids is 6. The highest BCUT2D eigenvalue weighted by Crippen LogP contribution is 2.33. The highest BCUT2D eigenvalue weighted by molar-refractivity contribution is 7.10. The summed E-state index contributed by atoms with van der Waals surface area (Å²) >= 11 is 21.5. The van der Waals surface area contributed by atoms with E-state index in [4.69, 9.17) is 53.8 Å². The van der Waals surface area contributed by atoms with Crippen molar-refractivity contribution in [3.05, 3.63) is 439 Å². The average Bonchev–Trinajstić information content (AvgIpc) is 1.18. The fourth-order valence-corrected chi connectivity index (χ4v) is 15.4. The lowest BCUT2D eigenvalue weighted by Crippen LogP contribution is -2.12. The largest absolute Gasteiger partial charge is 0.454 e. The van der Waals surface area contributed by atoms with Crippen LogP contribution in [0.2, 0.25) is 15.1 Å². The Morgan fingerprint density at radius 3 is 1.11 bits per heavy atom. The van der Waals surface area contributed by atoms with Gasteiger partial charge < -0.3 is 28.7 Å². The molecule has 0 unspecified atom stereocenters. The average molecular weight is 1990 g/mol. The number of Topliss-reactive ketones (excluding diaryl/α,β-unsaturated/α-hetero) is 6. The number of benzene rings is 6. The van der Waals surface area contributed by atoms with Crippen LogP contribution in [0.5, 0.6) is 46.0 Å². The minimum atomic E-state index is -0.548. The molecular weight excluding hydrogens is 1900 g/mol. The van der Waals surface area contributed by atoms with Crippen LogP contribution in [0.1, 0.15) is 130 Å². The summed E-state index contributed by atoms with van der Waals surface area (Å²) in [7, 11) is 3.75. The summed E-state index contributed by atoms with van der Waals surface area (Å²) in [6, 6.07) is 50.6. The molecule has 12 heterocycles. The minimum absolute atomic E-state index is 0.0136. The molecule has 30 nitrogen and oxygen atoms in total.